The van der Waals surface area contributed by atoms with Crippen molar-refractivity contribution in [1.29, 1.82) is 0 Å². The number of rotatable bonds is 3. The topological polar surface area (TPSA) is 117 Å². The number of aryl methyl sites for hydroxylation is 1. The monoisotopic (exact) mass is 537 g/mol. The van der Waals surface area contributed by atoms with E-state index in [1.54, 1.807) is 20.8 Å². The Balaban J connectivity index is 1.83. The molecule has 3 rings (SSSR count). The van der Waals surface area contributed by atoms with E-state index in [0.717, 1.165) is 30.7 Å². The van der Waals surface area contributed by atoms with E-state index in [0.29, 0.717) is 29.9 Å². The minimum atomic E-state index is -1.25. The summed E-state index contributed by atoms with van der Waals surface area (Å²) in [6.07, 6.45) is 0.848. The van der Waals surface area contributed by atoms with Crippen LogP contribution >= 0.6 is 11.3 Å². The predicted octanol–water partition coefficient (Wildman–Crippen LogP) is 4.86. The van der Waals surface area contributed by atoms with Crippen molar-refractivity contribution in [1.82, 2.24) is 4.98 Å². The fraction of sp³-hybridized carbons (Fsp3) is 0.828. The average Bonchev–Trinajstić information content (AvgIpc) is 3.48. The molecule has 7 nitrogen and oxygen atoms in total. The van der Waals surface area contributed by atoms with Gasteiger partial charge >= 0.3 is 5.97 Å². The third-order valence-corrected chi connectivity index (χ3v) is 10.00. The van der Waals surface area contributed by atoms with E-state index in [-0.39, 0.29) is 24.0 Å². The molecule has 2 heterocycles. The second kappa shape index (κ2) is 12.2. The molecule has 0 amide bonds. The largest absolute Gasteiger partial charge is 0.462 e. The molecule has 1 saturated heterocycles. The molecule has 1 saturated carbocycles. The molecular weight excluding hydrogens is 490 g/mol. The second-order valence-corrected chi connectivity index (χ2v) is 13.6. The van der Waals surface area contributed by atoms with Crippen LogP contribution in [-0.2, 0) is 14.3 Å². The molecule has 1 aromatic heterocycles. The molecule has 2 aliphatic rings. The molecule has 3 N–H and O–H groups in total. The first-order valence-electron chi connectivity index (χ1n) is 13.9. The molecule has 10 atom stereocenters. The van der Waals surface area contributed by atoms with E-state index in [1.807, 2.05) is 26.2 Å². The molecule has 0 radical (unpaired) electrons. The van der Waals surface area contributed by atoms with E-state index in [4.69, 9.17) is 4.74 Å². The van der Waals surface area contributed by atoms with Crippen LogP contribution in [0.1, 0.15) is 96.9 Å². The fourth-order valence-corrected chi connectivity index (χ4v) is 6.71. The Morgan fingerprint density at radius 1 is 1.11 bits per heavy atom. The van der Waals surface area contributed by atoms with Gasteiger partial charge < -0.3 is 20.1 Å². The Hall–Kier alpha value is -1.35. The summed E-state index contributed by atoms with van der Waals surface area (Å²) in [5.41, 5.74) is -0.634. The number of fused-ring (bicyclic) bond motifs is 1. The van der Waals surface area contributed by atoms with Gasteiger partial charge in [0.05, 0.1) is 34.7 Å². The maximum Gasteiger partial charge on any atom is 0.308 e. The quantitative estimate of drug-likeness (QED) is 0.472. The first-order chi connectivity index (χ1) is 17.2. The highest BCUT2D eigenvalue weighted by molar-refractivity contribution is 7.09. The summed E-state index contributed by atoms with van der Waals surface area (Å²) in [4.78, 5) is 30.8. The number of aliphatic hydroxyl groups excluding tert-OH is 3. The zero-order valence-electron chi connectivity index (χ0n) is 23.5. The van der Waals surface area contributed by atoms with Crippen LogP contribution in [0, 0.1) is 47.8 Å². The Labute approximate surface area is 226 Å². The number of hydrogen-bond donors (Lipinski definition) is 3. The molecule has 0 spiro atoms. The summed E-state index contributed by atoms with van der Waals surface area (Å²) < 4.78 is 5.94. The number of ketones is 1. The molecule has 2 fully saturated rings. The minimum absolute atomic E-state index is 0.0317. The van der Waals surface area contributed by atoms with Gasteiger partial charge in [0.15, 0.2) is 0 Å². The summed E-state index contributed by atoms with van der Waals surface area (Å²) >= 11 is 1.47. The number of aliphatic hydroxyl groups is 3. The number of thiazole rings is 1. The highest BCUT2D eigenvalue weighted by Gasteiger charge is 2.46. The van der Waals surface area contributed by atoms with Crippen molar-refractivity contribution in [2.24, 2.45) is 40.9 Å². The predicted molar refractivity (Wildman–Crippen MR) is 144 cm³/mol. The standard InChI is InChI=1S/C29H47NO6S/c1-15-9-8-10-16(2)26(33)18(4)28(35)29(6,7)24(31)13-25(32)36-23(12-20-11-21(15)20)17(3)27(34)22-14-37-19(5)30-22/h14-18,20-21,23-24,26-27,31,33-34H,8-13H2,1-7H3/t15-,16+,17?,18-,20+,21-,23+,24+,26+,27-/m1/s1. The van der Waals surface area contributed by atoms with Crippen LogP contribution in [0.3, 0.4) is 0 Å². The summed E-state index contributed by atoms with van der Waals surface area (Å²) in [5, 5.41) is 35.6. The first-order valence-corrected chi connectivity index (χ1v) is 14.8. The van der Waals surface area contributed by atoms with Crippen LogP contribution in [0.25, 0.3) is 0 Å². The zero-order valence-corrected chi connectivity index (χ0v) is 24.3. The molecule has 1 aromatic rings. The highest BCUT2D eigenvalue weighted by atomic mass is 32.1. The first kappa shape index (κ1) is 30.2. The molecule has 1 aliphatic carbocycles. The Morgan fingerprint density at radius 3 is 2.38 bits per heavy atom. The van der Waals surface area contributed by atoms with Crippen LogP contribution < -0.4 is 0 Å². The van der Waals surface area contributed by atoms with Gasteiger partial charge in [0.25, 0.3) is 0 Å². The number of carbonyl (C=O) groups is 2. The van der Waals surface area contributed by atoms with E-state index < -0.39 is 41.7 Å². The van der Waals surface area contributed by atoms with Crippen molar-refractivity contribution >= 4 is 23.1 Å². The number of cyclic esters (lactones) is 1. The lowest BCUT2D eigenvalue weighted by Gasteiger charge is -2.34. The van der Waals surface area contributed by atoms with Gasteiger partial charge in [-0.05, 0) is 49.9 Å². The molecule has 37 heavy (non-hydrogen) atoms. The van der Waals surface area contributed by atoms with E-state index in [9.17, 15) is 24.9 Å². The zero-order chi connectivity index (χ0) is 27.7. The van der Waals surface area contributed by atoms with Crippen molar-refractivity contribution in [3.63, 3.8) is 0 Å². The van der Waals surface area contributed by atoms with Gasteiger partial charge in [-0.2, -0.15) is 0 Å². The summed E-state index contributed by atoms with van der Waals surface area (Å²) in [6.45, 7) is 13.0. The van der Waals surface area contributed by atoms with Gasteiger partial charge in [0, 0.05) is 17.2 Å². The second-order valence-electron chi connectivity index (χ2n) is 12.5. The number of nitrogens with zero attached hydrogens (tertiary/aromatic N) is 1. The van der Waals surface area contributed by atoms with Crippen LogP contribution in [0.5, 0.6) is 0 Å². The third kappa shape index (κ3) is 7.20. The fourth-order valence-electron chi connectivity index (χ4n) is 6.07. The molecule has 0 aromatic carbocycles. The lowest BCUT2D eigenvalue weighted by Crippen LogP contribution is -2.45. The Bertz CT molecular complexity index is 931. The molecule has 1 unspecified atom stereocenters. The summed E-state index contributed by atoms with van der Waals surface area (Å²) in [7, 11) is 0. The van der Waals surface area contributed by atoms with Crippen LogP contribution in [0.2, 0.25) is 0 Å². The molecule has 1 aliphatic heterocycles. The SMILES string of the molecule is Cc1nc([C@H](O)C(C)[C@@H]2C[C@@H]3C[C@@H]3[C@H](C)CCC[C@H](C)[C@H](O)[C@@H](C)C(=O)C(C)(C)[C@@H](O)CC(=O)O2)cs1. The van der Waals surface area contributed by atoms with Crippen LogP contribution in [0.15, 0.2) is 5.38 Å². The lowest BCUT2D eigenvalue weighted by molar-refractivity contribution is -0.160. The Morgan fingerprint density at radius 2 is 1.76 bits per heavy atom. The third-order valence-electron chi connectivity index (χ3n) is 9.21. The van der Waals surface area contributed by atoms with Gasteiger partial charge in [0.1, 0.15) is 18.0 Å². The number of hydrogen-bond acceptors (Lipinski definition) is 8. The molecule has 8 heteroatoms. The highest BCUT2D eigenvalue weighted by Crippen LogP contribution is 2.50. The lowest BCUT2D eigenvalue weighted by atomic mass is 9.73. The molecule has 210 valence electrons. The van der Waals surface area contributed by atoms with Crippen molar-refractivity contribution in [2.45, 2.75) is 111 Å². The number of Topliss-reactive ketones (excluding diaryl/α,β-unsaturated/α-hetero) is 1. The van der Waals surface area contributed by atoms with E-state index in [1.165, 1.54) is 11.3 Å². The average molecular weight is 538 g/mol. The van der Waals surface area contributed by atoms with Crippen molar-refractivity contribution < 1.29 is 29.6 Å². The van der Waals surface area contributed by atoms with Gasteiger partial charge in [-0.25, -0.2) is 4.98 Å². The van der Waals surface area contributed by atoms with Crippen molar-refractivity contribution in [3.8, 4) is 0 Å². The number of aromatic nitrogens is 1. The van der Waals surface area contributed by atoms with Gasteiger partial charge in [-0.1, -0.05) is 54.4 Å². The smallest absolute Gasteiger partial charge is 0.308 e. The normalized spacial score (nSPS) is 37.7. The number of carbonyl (C=O) groups excluding carboxylic acids is 2. The minimum Gasteiger partial charge on any atom is -0.462 e. The maximum atomic E-state index is 13.3. The van der Waals surface area contributed by atoms with Crippen molar-refractivity contribution in [2.75, 3.05) is 0 Å². The van der Waals surface area contributed by atoms with Gasteiger partial charge in [-0.15, -0.1) is 11.3 Å². The van der Waals surface area contributed by atoms with Gasteiger partial charge in [0.2, 0.25) is 0 Å². The maximum absolute atomic E-state index is 13.3. The van der Waals surface area contributed by atoms with Crippen molar-refractivity contribution in [3.05, 3.63) is 16.1 Å². The number of ether oxygens (including phenoxy) is 1. The molecular formula is C29H47NO6S. The number of esters is 1. The molecule has 0 bridgehead atoms. The van der Waals surface area contributed by atoms with Crippen LogP contribution in [-0.4, -0.2) is 50.4 Å². The van der Waals surface area contributed by atoms with E-state index in [2.05, 4.69) is 11.9 Å². The van der Waals surface area contributed by atoms with E-state index >= 15 is 0 Å². The van der Waals surface area contributed by atoms with Gasteiger partial charge in [-0.3, -0.25) is 9.59 Å². The summed E-state index contributed by atoms with van der Waals surface area (Å²) in [6, 6.07) is 0. The summed E-state index contributed by atoms with van der Waals surface area (Å²) in [5.74, 6) is -0.408. The Kier molecular flexibility index (Phi) is 9.98. The van der Waals surface area contributed by atoms with Crippen LogP contribution in [0.4, 0.5) is 0 Å².